The number of carbonyl (C=O) groups is 1. The number of alkyl halides is 3. The van der Waals surface area contributed by atoms with Gasteiger partial charge in [-0.2, -0.15) is 13.2 Å². The number of nitrogens with zero attached hydrogens (tertiary/aromatic N) is 3. The van der Waals surface area contributed by atoms with Crippen molar-refractivity contribution >= 4 is 22.7 Å². The lowest BCUT2D eigenvalue weighted by Crippen LogP contribution is -2.49. The molecular weight excluding hydrogens is 479 g/mol. The minimum absolute atomic E-state index is 0.0567. The first kappa shape index (κ1) is 25.0. The Labute approximate surface area is 214 Å². The highest BCUT2D eigenvalue weighted by Gasteiger charge is 2.32. The molecule has 0 atom stereocenters. The van der Waals surface area contributed by atoms with Gasteiger partial charge in [0.1, 0.15) is 5.69 Å². The van der Waals surface area contributed by atoms with Crippen molar-refractivity contribution in [3.05, 3.63) is 89.3 Å². The van der Waals surface area contributed by atoms with Crippen molar-refractivity contribution in [3.63, 3.8) is 0 Å². The van der Waals surface area contributed by atoms with Crippen molar-refractivity contribution in [3.8, 4) is 0 Å². The van der Waals surface area contributed by atoms with Gasteiger partial charge in [-0.05, 0) is 34.7 Å². The van der Waals surface area contributed by atoms with Crippen LogP contribution in [0.3, 0.4) is 0 Å². The molecule has 0 radical (unpaired) electrons. The van der Waals surface area contributed by atoms with E-state index in [1.165, 1.54) is 17.7 Å². The van der Waals surface area contributed by atoms with E-state index < -0.39 is 11.7 Å². The van der Waals surface area contributed by atoms with Gasteiger partial charge in [-0.1, -0.05) is 51.1 Å². The molecule has 0 saturated carbocycles. The van der Waals surface area contributed by atoms with Crippen molar-refractivity contribution in [1.29, 1.82) is 0 Å². The molecule has 1 aliphatic heterocycles. The number of anilines is 1. The molecule has 1 fully saturated rings. The van der Waals surface area contributed by atoms with Crippen LogP contribution >= 0.6 is 0 Å². The number of halogens is 3. The van der Waals surface area contributed by atoms with E-state index >= 15 is 0 Å². The maximum Gasteiger partial charge on any atom is 0.416 e. The number of hydrogen-bond donors (Lipinski definition) is 0. The minimum Gasteiger partial charge on any atom is -0.463 e. The number of furan rings is 1. The minimum atomic E-state index is -4.39. The van der Waals surface area contributed by atoms with E-state index in [0.29, 0.717) is 49.7 Å². The molecule has 1 aliphatic rings. The van der Waals surface area contributed by atoms with Crippen LogP contribution in [0.5, 0.6) is 0 Å². The fraction of sp³-hybridized carbons (Fsp3) is 0.345. The lowest BCUT2D eigenvalue weighted by atomic mass is 9.87. The maximum absolute atomic E-state index is 13.6. The average Bonchev–Trinajstić information content (AvgIpc) is 3.46. The Morgan fingerprint density at radius 2 is 1.59 bits per heavy atom. The quantitative estimate of drug-likeness (QED) is 0.313. The molecule has 2 aromatic heterocycles. The average molecular weight is 510 g/mol. The van der Waals surface area contributed by atoms with Gasteiger partial charge < -0.3 is 18.8 Å². The molecule has 5 rings (SSSR count). The predicted molar refractivity (Wildman–Crippen MR) is 138 cm³/mol. The van der Waals surface area contributed by atoms with E-state index in [-0.39, 0.29) is 11.3 Å². The van der Waals surface area contributed by atoms with E-state index in [0.717, 1.165) is 17.1 Å². The van der Waals surface area contributed by atoms with Crippen molar-refractivity contribution in [1.82, 2.24) is 9.47 Å². The third-order valence-electron chi connectivity index (χ3n) is 7.01. The smallest absolute Gasteiger partial charge is 0.416 e. The van der Waals surface area contributed by atoms with Crippen molar-refractivity contribution in [2.45, 2.75) is 38.9 Å². The lowest BCUT2D eigenvalue weighted by Gasteiger charge is -2.36. The largest absolute Gasteiger partial charge is 0.463 e. The first-order valence-corrected chi connectivity index (χ1v) is 12.4. The number of carbonyl (C=O) groups excluding carboxylic acids is 1. The SMILES string of the molecule is CC(C)(C)c1ccc(Cn2c(C(=O)N3CCN(c4cccc(C(F)(F)F)c4)CC3)cc3occc32)cc1. The summed E-state index contributed by atoms with van der Waals surface area (Å²) in [6.07, 6.45) is -2.77. The normalized spacial score (nSPS) is 15.0. The second-order valence-corrected chi connectivity index (χ2v) is 10.6. The third kappa shape index (κ3) is 5.10. The molecule has 2 aromatic carbocycles. The van der Waals surface area contributed by atoms with Crippen LogP contribution in [0.4, 0.5) is 18.9 Å². The summed E-state index contributed by atoms with van der Waals surface area (Å²) in [5.74, 6) is -0.110. The summed E-state index contributed by atoms with van der Waals surface area (Å²) in [5, 5.41) is 0. The highest BCUT2D eigenvalue weighted by molar-refractivity contribution is 5.97. The zero-order valence-electron chi connectivity index (χ0n) is 21.2. The van der Waals surface area contributed by atoms with Crippen molar-refractivity contribution in [2.75, 3.05) is 31.1 Å². The van der Waals surface area contributed by atoms with Crippen LogP contribution in [0.25, 0.3) is 11.1 Å². The summed E-state index contributed by atoms with van der Waals surface area (Å²) in [6, 6.07) is 17.4. The van der Waals surface area contributed by atoms with E-state index in [1.807, 2.05) is 15.5 Å². The molecule has 8 heteroatoms. The van der Waals surface area contributed by atoms with Gasteiger partial charge in [-0.15, -0.1) is 0 Å². The Balaban J connectivity index is 1.33. The van der Waals surface area contributed by atoms with Gasteiger partial charge in [0.25, 0.3) is 5.91 Å². The van der Waals surface area contributed by atoms with Gasteiger partial charge >= 0.3 is 6.18 Å². The molecule has 0 N–H and O–H groups in total. The second-order valence-electron chi connectivity index (χ2n) is 10.6. The van der Waals surface area contributed by atoms with Crippen LogP contribution in [0, 0.1) is 0 Å². The van der Waals surface area contributed by atoms with Crippen LogP contribution < -0.4 is 4.90 Å². The number of piperazine rings is 1. The summed E-state index contributed by atoms with van der Waals surface area (Å²) >= 11 is 0. The molecule has 5 nitrogen and oxygen atoms in total. The molecule has 1 saturated heterocycles. The molecule has 0 unspecified atom stereocenters. The summed E-state index contributed by atoms with van der Waals surface area (Å²) in [5.41, 5.74) is 4.27. The highest BCUT2D eigenvalue weighted by atomic mass is 19.4. The fourth-order valence-corrected chi connectivity index (χ4v) is 4.83. The second kappa shape index (κ2) is 9.32. The summed E-state index contributed by atoms with van der Waals surface area (Å²) < 4.78 is 47.0. The van der Waals surface area contributed by atoms with Gasteiger partial charge in [0, 0.05) is 50.5 Å². The standard InChI is InChI=1S/C29H30F3N3O2/c1-28(2,3)21-9-7-20(8-10-21)19-35-24-11-16-37-26(24)18-25(35)27(36)34-14-12-33(13-15-34)23-6-4-5-22(17-23)29(30,31)32/h4-11,16-18H,12-15,19H2,1-3H3. The van der Waals surface area contributed by atoms with E-state index in [2.05, 4.69) is 45.0 Å². The van der Waals surface area contributed by atoms with Gasteiger partial charge in [-0.25, -0.2) is 0 Å². The van der Waals surface area contributed by atoms with E-state index in [1.54, 1.807) is 23.3 Å². The highest BCUT2D eigenvalue weighted by Crippen LogP contribution is 2.32. The Bertz CT molecular complexity index is 1400. The summed E-state index contributed by atoms with van der Waals surface area (Å²) in [6.45, 7) is 8.80. The van der Waals surface area contributed by atoms with Crippen LogP contribution in [0.1, 0.15) is 48.0 Å². The third-order valence-corrected chi connectivity index (χ3v) is 7.01. The number of hydrogen-bond acceptors (Lipinski definition) is 3. The van der Waals surface area contributed by atoms with Crippen LogP contribution in [-0.4, -0.2) is 41.6 Å². The van der Waals surface area contributed by atoms with Gasteiger partial charge in [0.2, 0.25) is 0 Å². The van der Waals surface area contributed by atoms with Gasteiger partial charge in [-0.3, -0.25) is 4.79 Å². The topological polar surface area (TPSA) is 41.6 Å². The molecular formula is C29H30F3N3O2. The molecule has 0 spiro atoms. The molecule has 3 heterocycles. The Morgan fingerprint density at radius 3 is 2.24 bits per heavy atom. The van der Waals surface area contributed by atoms with Crippen molar-refractivity contribution in [2.24, 2.45) is 0 Å². The van der Waals surface area contributed by atoms with Crippen LogP contribution in [-0.2, 0) is 18.1 Å². The molecule has 4 aromatic rings. The van der Waals surface area contributed by atoms with Gasteiger partial charge in [0.05, 0.1) is 17.3 Å². The lowest BCUT2D eigenvalue weighted by molar-refractivity contribution is -0.137. The Morgan fingerprint density at radius 1 is 0.892 bits per heavy atom. The molecule has 0 bridgehead atoms. The van der Waals surface area contributed by atoms with Crippen LogP contribution in [0.15, 0.2) is 71.3 Å². The molecule has 1 amide bonds. The van der Waals surface area contributed by atoms with E-state index in [4.69, 9.17) is 4.42 Å². The molecule has 37 heavy (non-hydrogen) atoms. The molecule has 0 aliphatic carbocycles. The zero-order chi connectivity index (χ0) is 26.4. The summed E-state index contributed by atoms with van der Waals surface area (Å²) in [4.78, 5) is 17.2. The van der Waals surface area contributed by atoms with E-state index in [9.17, 15) is 18.0 Å². The number of fused-ring (bicyclic) bond motifs is 1. The number of amides is 1. The summed E-state index contributed by atoms with van der Waals surface area (Å²) in [7, 11) is 0. The molecule has 194 valence electrons. The number of rotatable bonds is 4. The first-order valence-electron chi connectivity index (χ1n) is 12.4. The fourth-order valence-electron chi connectivity index (χ4n) is 4.83. The Kier molecular flexibility index (Phi) is 6.30. The monoisotopic (exact) mass is 509 g/mol. The predicted octanol–water partition coefficient (Wildman–Crippen LogP) is 6.56. The van der Waals surface area contributed by atoms with Crippen LogP contribution in [0.2, 0.25) is 0 Å². The Hall–Kier alpha value is -3.68. The van der Waals surface area contributed by atoms with Crippen molar-refractivity contribution < 1.29 is 22.4 Å². The first-order chi connectivity index (χ1) is 17.5. The zero-order valence-corrected chi connectivity index (χ0v) is 21.2. The number of aromatic nitrogens is 1. The number of benzene rings is 2. The van der Waals surface area contributed by atoms with Gasteiger partial charge in [0.15, 0.2) is 5.58 Å². The maximum atomic E-state index is 13.6.